The zero-order valence-corrected chi connectivity index (χ0v) is 12.7. The minimum atomic E-state index is 0.419. The first-order valence-corrected chi connectivity index (χ1v) is 7.22. The number of para-hydroxylation sites is 1. The van der Waals surface area contributed by atoms with Crippen LogP contribution in [0.5, 0.6) is 0 Å². The number of aryl methyl sites for hydroxylation is 1. The largest absolute Gasteiger partial charge is 0.421 e. The van der Waals surface area contributed by atoms with E-state index in [0.717, 1.165) is 23.6 Å². The first-order chi connectivity index (χ1) is 9.56. The van der Waals surface area contributed by atoms with Gasteiger partial charge in [0.1, 0.15) is 0 Å². The van der Waals surface area contributed by atoms with Gasteiger partial charge < -0.3 is 9.73 Å². The highest BCUT2D eigenvalue weighted by Crippen LogP contribution is 2.27. The summed E-state index contributed by atoms with van der Waals surface area (Å²) in [5.41, 5.74) is 2.01. The number of benzene rings is 1. The van der Waals surface area contributed by atoms with Crippen LogP contribution in [0.3, 0.4) is 0 Å². The average Bonchev–Trinajstić information content (AvgIpc) is 2.83. The summed E-state index contributed by atoms with van der Waals surface area (Å²) in [4.78, 5) is 0. The molecular weight excluding hydrogens is 250 g/mol. The van der Waals surface area contributed by atoms with Gasteiger partial charge in [0.2, 0.25) is 11.8 Å². The molecule has 4 nitrogen and oxygen atoms in total. The van der Waals surface area contributed by atoms with E-state index < -0.39 is 0 Å². The number of nitrogens with one attached hydrogen (secondary N) is 1. The highest BCUT2D eigenvalue weighted by atomic mass is 16.4. The van der Waals surface area contributed by atoms with Crippen LogP contribution >= 0.6 is 0 Å². The van der Waals surface area contributed by atoms with Crippen LogP contribution in [0, 0.1) is 12.8 Å². The van der Waals surface area contributed by atoms with Crippen molar-refractivity contribution in [3.63, 3.8) is 0 Å². The standard InChI is InChI=1S/C16H23N3O/c1-11(2)9-10-12(3)17-15-8-6-5-7-14(15)16-19-18-13(4)20-16/h5-8,11-12,17H,9-10H2,1-4H3. The lowest BCUT2D eigenvalue weighted by Gasteiger charge is -2.18. The third-order valence-corrected chi connectivity index (χ3v) is 3.26. The molecule has 0 fully saturated rings. The van der Waals surface area contributed by atoms with Crippen LogP contribution in [0.1, 0.15) is 39.5 Å². The second-order valence-electron chi connectivity index (χ2n) is 5.69. The Kier molecular flexibility index (Phi) is 4.77. The predicted molar refractivity (Wildman–Crippen MR) is 81.6 cm³/mol. The number of nitrogens with zero attached hydrogens (tertiary/aromatic N) is 2. The molecule has 0 radical (unpaired) electrons. The predicted octanol–water partition coefficient (Wildman–Crippen LogP) is 4.28. The van der Waals surface area contributed by atoms with Crippen molar-refractivity contribution in [3.8, 4) is 11.5 Å². The smallest absolute Gasteiger partial charge is 0.249 e. The molecule has 20 heavy (non-hydrogen) atoms. The monoisotopic (exact) mass is 273 g/mol. The third kappa shape index (κ3) is 3.83. The van der Waals surface area contributed by atoms with Gasteiger partial charge in [0, 0.05) is 18.7 Å². The van der Waals surface area contributed by atoms with Gasteiger partial charge in [0.25, 0.3) is 0 Å². The molecule has 2 rings (SSSR count). The van der Waals surface area contributed by atoms with Gasteiger partial charge in [-0.2, -0.15) is 0 Å². The minimum Gasteiger partial charge on any atom is -0.421 e. The van der Waals surface area contributed by atoms with E-state index in [1.54, 1.807) is 6.92 Å². The number of aromatic nitrogens is 2. The highest BCUT2D eigenvalue weighted by molar-refractivity contribution is 5.72. The van der Waals surface area contributed by atoms with E-state index in [1.165, 1.54) is 6.42 Å². The number of rotatable bonds is 6. The first-order valence-electron chi connectivity index (χ1n) is 7.22. The molecule has 108 valence electrons. The maximum absolute atomic E-state index is 5.53. The Bertz CT molecular complexity index is 548. The van der Waals surface area contributed by atoms with Crippen molar-refractivity contribution in [2.75, 3.05) is 5.32 Å². The van der Waals surface area contributed by atoms with Crippen LogP contribution < -0.4 is 5.32 Å². The van der Waals surface area contributed by atoms with E-state index in [-0.39, 0.29) is 0 Å². The fourth-order valence-corrected chi connectivity index (χ4v) is 2.12. The Morgan fingerprint density at radius 3 is 2.50 bits per heavy atom. The van der Waals surface area contributed by atoms with Crippen molar-refractivity contribution < 1.29 is 4.42 Å². The molecule has 2 aromatic rings. The Balaban J connectivity index is 2.12. The summed E-state index contributed by atoms with van der Waals surface area (Å²) < 4.78 is 5.53. The van der Waals surface area contributed by atoms with Gasteiger partial charge in [-0.1, -0.05) is 26.0 Å². The molecule has 1 aromatic heterocycles. The Morgan fingerprint density at radius 1 is 1.10 bits per heavy atom. The zero-order chi connectivity index (χ0) is 14.5. The molecule has 0 aliphatic carbocycles. The van der Waals surface area contributed by atoms with Crippen LogP contribution in [-0.2, 0) is 0 Å². The second-order valence-corrected chi connectivity index (χ2v) is 5.69. The average molecular weight is 273 g/mol. The number of hydrogen-bond acceptors (Lipinski definition) is 4. The second kappa shape index (κ2) is 6.55. The van der Waals surface area contributed by atoms with Crippen LogP contribution in [0.25, 0.3) is 11.5 Å². The molecular formula is C16H23N3O. The van der Waals surface area contributed by atoms with Crippen molar-refractivity contribution >= 4 is 5.69 Å². The van der Waals surface area contributed by atoms with Crippen LogP contribution in [0.4, 0.5) is 5.69 Å². The van der Waals surface area contributed by atoms with Crippen molar-refractivity contribution in [3.05, 3.63) is 30.2 Å². The van der Waals surface area contributed by atoms with Gasteiger partial charge in [-0.3, -0.25) is 0 Å². The van der Waals surface area contributed by atoms with E-state index >= 15 is 0 Å². The van der Waals surface area contributed by atoms with Gasteiger partial charge in [-0.05, 0) is 37.8 Å². The summed E-state index contributed by atoms with van der Waals surface area (Å²) in [7, 11) is 0. The van der Waals surface area contributed by atoms with Gasteiger partial charge >= 0.3 is 0 Å². The molecule has 0 bridgehead atoms. The lowest BCUT2D eigenvalue weighted by atomic mass is 10.0. The fourth-order valence-electron chi connectivity index (χ4n) is 2.12. The van der Waals surface area contributed by atoms with E-state index in [9.17, 15) is 0 Å². The number of anilines is 1. The first kappa shape index (κ1) is 14.6. The fraction of sp³-hybridized carbons (Fsp3) is 0.500. The molecule has 4 heteroatoms. The Labute approximate surface area is 120 Å². The summed E-state index contributed by atoms with van der Waals surface area (Å²) in [5, 5.41) is 11.5. The highest BCUT2D eigenvalue weighted by Gasteiger charge is 2.12. The summed E-state index contributed by atoms with van der Waals surface area (Å²) in [6, 6.07) is 8.48. The van der Waals surface area contributed by atoms with Crippen molar-refractivity contribution in [2.45, 2.75) is 46.6 Å². The van der Waals surface area contributed by atoms with Gasteiger partial charge in [-0.15, -0.1) is 10.2 Å². The number of hydrogen-bond donors (Lipinski definition) is 1. The molecule has 1 aromatic carbocycles. The van der Waals surface area contributed by atoms with Gasteiger partial charge in [-0.25, -0.2) is 0 Å². The summed E-state index contributed by atoms with van der Waals surface area (Å²) in [5.74, 6) is 1.89. The summed E-state index contributed by atoms with van der Waals surface area (Å²) >= 11 is 0. The van der Waals surface area contributed by atoms with E-state index in [0.29, 0.717) is 17.8 Å². The topological polar surface area (TPSA) is 51.0 Å². The molecule has 1 heterocycles. The van der Waals surface area contributed by atoms with Crippen molar-refractivity contribution in [2.24, 2.45) is 5.92 Å². The van der Waals surface area contributed by atoms with Crippen LogP contribution in [-0.4, -0.2) is 16.2 Å². The van der Waals surface area contributed by atoms with Crippen molar-refractivity contribution in [1.82, 2.24) is 10.2 Å². The van der Waals surface area contributed by atoms with Crippen LogP contribution in [0.15, 0.2) is 28.7 Å². The Hall–Kier alpha value is -1.84. The molecule has 0 saturated carbocycles. The minimum absolute atomic E-state index is 0.419. The maximum Gasteiger partial charge on any atom is 0.249 e. The lowest BCUT2D eigenvalue weighted by molar-refractivity contribution is 0.526. The molecule has 0 aliphatic heterocycles. The summed E-state index contributed by atoms with van der Waals surface area (Å²) in [6.07, 6.45) is 2.37. The Morgan fingerprint density at radius 2 is 1.85 bits per heavy atom. The van der Waals surface area contributed by atoms with E-state index in [1.807, 2.05) is 18.2 Å². The van der Waals surface area contributed by atoms with Crippen LogP contribution in [0.2, 0.25) is 0 Å². The van der Waals surface area contributed by atoms with Gasteiger partial charge in [0.15, 0.2) is 0 Å². The SMILES string of the molecule is Cc1nnc(-c2ccccc2NC(C)CCC(C)C)o1. The quantitative estimate of drug-likeness (QED) is 0.853. The molecule has 0 amide bonds. The summed E-state index contributed by atoms with van der Waals surface area (Å²) in [6.45, 7) is 8.51. The van der Waals surface area contributed by atoms with Gasteiger partial charge in [0.05, 0.1) is 5.56 Å². The molecule has 1 N–H and O–H groups in total. The molecule has 0 saturated heterocycles. The molecule has 1 unspecified atom stereocenters. The van der Waals surface area contributed by atoms with E-state index in [2.05, 4.69) is 42.4 Å². The molecule has 0 spiro atoms. The van der Waals surface area contributed by atoms with E-state index in [4.69, 9.17) is 4.42 Å². The zero-order valence-electron chi connectivity index (χ0n) is 12.7. The third-order valence-electron chi connectivity index (χ3n) is 3.26. The molecule has 1 atom stereocenters. The molecule has 0 aliphatic rings. The normalized spacial score (nSPS) is 12.7. The maximum atomic E-state index is 5.53. The lowest BCUT2D eigenvalue weighted by Crippen LogP contribution is -2.16. The van der Waals surface area contributed by atoms with Crippen molar-refractivity contribution in [1.29, 1.82) is 0 Å².